The van der Waals surface area contributed by atoms with Gasteiger partial charge in [0.05, 0.1) is 11.8 Å². The molecule has 3 aromatic carbocycles. The van der Waals surface area contributed by atoms with E-state index in [0.717, 1.165) is 11.1 Å². The number of aromatic nitrogens is 1. The molecule has 5 heteroatoms. The molecular formula is C23H17FN2O2. The summed E-state index contributed by atoms with van der Waals surface area (Å²) in [5, 5.41) is 2.77. The second-order valence-electron chi connectivity index (χ2n) is 6.35. The summed E-state index contributed by atoms with van der Waals surface area (Å²) in [6.45, 7) is 1.81. The molecule has 0 atom stereocenters. The number of carbonyl (C=O) groups is 1. The van der Waals surface area contributed by atoms with E-state index in [-0.39, 0.29) is 5.91 Å². The number of amides is 1. The number of rotatable bonds is 4. The largest absolute Gasteiger partial charge is 0.436 e. The van der Waals surface area contributed by atoms with Crippen LogP contribution in [0.1, 0.15) is 15.9 Å². The standard InChI is InChI=1S/C23H17FN2O2/c1-15-11-12-17(24)13-20(15)26-22(27)18-9-5-6-10-19(18)23-25-14-21(28-23)16-7-3-2-4-8-16/h2-14H,1H3,(H,26,27). The number of nitrogens with one attached hydrogen (secondary N) is 1. The Kier molecular flexibility index (Phi) is 4.72. The quantitative estimate of drug-likeness (QED) is 0.499. The minimum atomic E-state index is -0.408. The summed E-state index contributed by atoms with van der Waals surface area (Å²) in [6, 6.07) is 20.9. The van der Waals surface area contributed by atoms with Crippen molar-refractivity contribution in [1.29, 1.82) is 0 Å². The van der Waals surface area contributed by atoms with E-state index in [9.17, 15) is 9.18 Å². The molecule has 0 aliphatic rings. The average molecular weight is 372 g/mol. The highest BCUT2D eigenvalue weighted by Crippen LogP contribution is 2.29. The van der Waals surface area contributed by atoms with Gasteiger partial charge in [-0.05, 0) is 36.8 Å². The molecule has 0 aliphatic heterocycles. The van der Waals surface area contributed by atoms with Crippen LogP contribution in [0.2, 0.25) is 0 Å². The van der Waals surface area contributed by atoms with Gasteiger partial charge in [-0.15, -0.1) is 0 Å². The van der Waals surface area contributed by atoms with Crippen LogP contribution in [0.3, 0.4) is 0 Å². The predicted octanol–water partition coefficient (Wildman–Crippen LogP) is 5.71. The molecule has 0 saturated heterocycles. The maximum absolute atomic E-state index is 13.5. The third-order valence-electron chi connectivity index (χ3n) is 4.41. The molecule has 0 aliphatic carbocycles. The van der Waals surface area contributed by atoms with Crippen LogP contribution in [0, 0.1) is 12.7 Å². The van der Waals surface area contributed by atoms with E-state index < -0.39 is 5.82 Å². The van der Waals surface area contributed by atoms with Gasteiger partial charge in [-0.2, -0.15) is 0 Å². The van der Waals surface area contributed by atoms with E-state index in [0.29, 0.717) is 28.5 Å². The van der Waals surface area contributed by atoms with Crippen molar-refractivity contribution in [3.63, 3.8) is 0 Å². The lowest BCUT2D eigenvalue weighted by molar-refractivity contribution is 0.102. The van der Waals surface area contributed by atoms with Crippen LogP contribution in [0.4, 0.5) is 10.1 Å². The van der Waals surface area contributed by atoms with E-state index in [2.05, 4.69) is 10.3 Å². The monoisotopic (exact) mass is 372 g/mol. The van der Waals surface area contributed by atoms with Crippen molar-refractivity contribution >= 4 is 11.6 Å². The number of anilines is 1. The van der Waals surface area contributed by atoms with E-state index in [1.54, 1.807) is 37.4 Å². The van der Waals surface area contributed by atoms with Crippen LogP contribution in [-0.2, 0) is 0 Å². The van der Waals surface area contributed by atoms with Gasteiger partial charge in [-0.1, -0.05) is 48.5 Å². The van der Waals surface area contributed by atoms with Crippen molar-refractivity contribution in [3.05, 3.63) is 95.9 Å². The number of nitrogens with zero attached hydrogens (tertiary/aromatic N) is 1. The van der Waals surface area contributed by atoms with Gasteiger partial charge in [0, 0.05) is 16.8 Å². The van der Waals surface area contributed by atoms with E-state index >= 15 is 0 Å². The van der Waals surface area contributed by atoms with Crippen LogP contribution >= 0.6 is 0 Å². The Morgan fingerprint density at radius 2 is 1.75 bits per heavy atom. The summed E-state index contributed by atoms with van der Waals surface area (Å²) < 4.78 is 19.4. The average Bonchev–Trinajstić information content (AvgIpc) is 3.21. The number of hydrogen-bond acceptors (Lipinski definition) is 3. The molecule has 0 saturated carbocycles. The van der Waals surface area contributed by atoms with Crippen LogP contribution in [0.25, 0.3) is 22.8 Å². The normalized spacial score (nSPS) is 10.6. The number of benzene rings is 3. The molecule has 28 heavy (non-hydrogen) atoms. The molecule has 0 radical (unpaired) electrons. The Hall–Kier alpha value is -3.73. The first kappa shape index (κ1) is 17.7. The fourth-order valence-corrected chi connectivity index (χ4v) is 2.92. The minimum Gasteiger partial charge on any atom is -0.436 e. The highest BCUT2D eigenvalue weighted by molar-refractivity contribution is 6.08. The predicted molar refractivity (Wildman–Crippen MR) is 106 cm³/mol. The lowest BCUT2D eigenvalue weighted by Crippen LogP contribution is -2.14. The van der Waals surface area contributed by atoms with Crippen molar-refractivity contribution in [3.8, 4) is 22.8 Å². The smallest absolute Gasteiger partial charge is 0.256 e. The molecule has 0 fully saturated rings. The summed E-state index contributed by atoms with van der Waals surface area (Å²) in [7, 11) is 0. The van der Waals surface area contributed by atoms with Crippen LogP contribution in [0.15, 0.2) is 83.4 Å². The van der Waals surface area contributed by atoms with E-state index in [1.165, 1.54) is 12.1 Å². The van der Waals surface area contributed by atoms with Gasteiger partial charge in [-0.25, -0.2) is 9.37 Å². The minimum absolute atomic E-state index is 0.348. The molecule has 1 heterocycles. The first-order valence-corrected chi connectivity index (χ1v) is 8.80. The van der Waals surface area contributed by atoms with Gasteiger partial charge in [-0.3, -0.25) is 4.79 Å². The second kappa shape index (κ2) is 7.48. The van der Waals surface area contributed by atoms with Crippen molar-refractivity contribution in [1.82, 2.24) is 4.98 Å². The molecule has 1 N–H and O–H groups in total. The van der Waals surface area contributed by atoms with Gasteiger partial charge in [0.25, 0.3) is 5.91 Å². The number of halogens is 1. The molecule has 0 bridgehead atoms. The van der Waals surface area contributed by atoms with Crippen molar-refractivity contribution in [2.24, 2.45) is 0 Å². The zero-order valence-corrected chi connectivity index (χ0v) is 15.1. The first-order chi connectivity index (χ1) is 13.6. The first-order valence-electron chi connectivity index (χ1n) is 8.80. The molecule has 0 unspecified atom stereocenters. The molecule has 4 aromatic rings. The summed E-state index contributed by atoms with van der Waals surface area (Å²) in [4.78, 5) is 17.2. The highest BCUT2D eigenvalue weighted by atomic mass is 19.1. The fraction of sp³-hybridized carbons (Fsp3) is 0.0435. The summed E-state index contributed by atoms with van der Waals surface area (Å²) in [6.07, 6.45) is 1.63. The summed E-state index contributed by atoms with van der Waals surface area (Å²) in [5.41, 5.74) is 3.06. The zero-order valence-electron chi connectivity index (χ0n) is 15.1. The molecule has 138 valence electrons. The van der Waals surface area contributed by atoms with Crippen molar-refractivity contribution < 1.29 is 13.6 Å². The third kappa shape index (κ3) is 3.55. The van der Waals surface area contributed by atoms with Crippen LogP contribution < -0.4 is 5.32 Å². The molecule has 1 amide bonds. The summed E-state index contributed by atoms with van der Waals surface area (Å²) >= 11 is 0. The summed E-state index contributed by atoms with van der Waals surface area (Å²) in [5.74, 6) is 0.200. The Morgan fingerprint density at radius 1 is 1.00 bits per heavy atom. The highest BCUT2D eigenvalue weighted by Gasteiger charge is 2.17. The fourth-order valence-electron chi connectivity index (χ4n) is 2.92. The van der Waals surface area contributed by atoms with Gasteiger partial charge in [0.15, 0.2) is 5.76 Å². The van der Waals surface area contributed by atoms with Crippen molar-refractivity contribution in [2.45, 2.75) is 6.92 Å². The number of hydrogen-bond donors (Lipinski definition) is 1. The molecule has 4 nitrogen and oxygen atoms in total. The van der Waals surface area contributed by atoms with Gasteiger partial charge >= 0.3 is 0 Å². The Morgan fingerprint density at radius 3 is 2.57 bits per heavy atom. The van der Waals surface area contributed by atoms with E-state index in [4.69, 9.17) is 4.42 Å². The SMILES string of the molecule is Cc1ccc(F)cc1NC(=O)c1ccccc1-c1ncc(-c2ccccc2)o1. The Labute approximate surface area is 161 Å². The number of carbonyl (C=O) groups excluding carboxylic acids is 1. The van der Waals surface area contributed by atoms with E-state index in [1.807, 2.05) is 36.4 Å². The topological polar surface area (TPSA) is 55.1 Å². The lowest BCUT2D eigenvalue weighted by Gasteiger charge is -2.10. The second-order valence-corrected chi connectivity index (χ2v) is 6.35. The number of oxazole rings is 1. The third-order valence-corrected chi connectivity index (χ3v) is 4.41. The molecule has 0 spiro atoms. The van der Waals surface area contributed by atoms with Crippen LogP contribution in [-0.4, -0.2) is 10.9 Å². The van der Waals surface area contributed by atoms with Crippen molar-refractivity contribution in [2.75, 3.05) is 5.32 Å². The van der Waals surface area contributed by atoms with Crippen LogP contribution in [0.5, 0.6) is 0 Å². The lowest BCUT2D eigenvalue weighted by atomic mass is 10.1. The maximum Gasteiger partial charge on any atom is 0.256 e. The molecular weight excluding hydrogens is 355 g/mol. The molecule has 4 rings (SSSR count). The zero-order chi connectivity index (χ0) is 19.5. The number of aryl methyl sites for hydroxylation is 1. The molecule has 1 aromatic heterocycles. The van der Waals surface area contributed by atoms with Gasteiger partial charge in [0.2, 0.25) is 5.89 Å². The Bertz CT molecular complexity index is 1140. The Balaban J connectivity index is 1.67. The van der Waals surface area contributed by atoms with Gasteiger partial charge < -0.3 is 9.73 Å². The van der Waals surface area contributed by atoms with Gasteiger partial charge in [0.1, 0.15) is 5.82 Å². The maximum atomic E-state index is 13.5.